The first-order valence-corrected chi connectivity index (χ1v) is 6.80. The SMILES string of the molecule is CC1(C)O[C@@H]2[C@H](O1)[C@H]1CCc3cc(=O)[nH]c(=O)n3[C@@H]2O1. The van der Waals surface area contributed by atoms with Crippen LogP contribution in [0.1, 0.15) is 32.2 Å². The summed E-state index contributed by atoms with van der Waals surface area (Å²) in [5, 5.41) is 0. The Hall–Kier alpha value is -1.44. The van der Waals surface area contributed by atoms with E-state index in [-0.39, 0.29) is 23.9 Å². The van der Waals surface area contributed by atoms with Crippen LogP contribution >= 0.6 is 0 Å². The number of aromatic amines is 1. The van der Waals surface area contributed by atoms with Crippen LogP contribution in [-0.4, -0.2) is 33.7 Å². The van der Waals surface area contributed by atoms with Crippen molar-refractivity contribution in [3.05, 3.63) is 32.6 Å². The topological polar surface area (TPSA) is 82.5 Å². The van der Waals surface area contributed by atoms with Gasteiger partial charge in [0.2, 0.25) is 0 Å². The summed E-state index contributed by atoms with van der Waals surface area (Å²) in [4.78, 5) is 25.8. The summed E-state index contributed by atoms with van der Waals surface area (Å²) in [6, 6.07) is 1.46. The maximum Gasteiger partial charge on any atom is 0.330 e. The highest BCUT2D eigenvalue weighted by molar-refractivity contribution is 5.10. The molecule has 0 amide bonds. The van der Waals surface area contributed by atoms with Crippen LogP contribution in [0.3, 0.4) is 0 Å². The number of ether oxygens (including phenoxy) is 3. The molecule has 2 saturated heterocycles. The molecule has 20 heavy (non-hydrogen) atoms. The van der Waals surface area contributed by atoms with Gasteiger partial charge in [0.05, 0.1) is 6.10 Å². The predicted molar refractivity (Wildman–Crippen MR) is 67.4 cm³/mol. The van der Waals surface area contributed by atoms with Gasteiger partial charge in [0, 0.05) is 11.8 Å². The van der Waals surface area contributed by atoms with Crippen LogP contribution in [0.25, 0.3) is 0 Å². The van der Waals surface area contributed by atoms with Gasteiger partial charge in [0.15, 0.2) is 12.0 Å². The maximum absolute atomic E-state index is 12.1. The fourth-order valence-electron chi connectivity index (χ4n) is 3.41. The van der Waals surface area contributed by atoms with Crippen LogP contribution in [-0.2, 0) is 20.6 Å². The highest BCUT2D eigenvalue weighted by atomic mass is 16.8. The van der Waals surface area contributed by atoms with Crippen molar-refractivity contribution < 1.29 is 14.2 Å². The average Bonchev–Trinajstić information content (AvgIpc) is 2.72. The molecule has 1 aromatic rings. The summed E-state index contributed by atoms with van der Waals surface area (Å²) in [7, 11) is 0. The van der Waals surface area contributed by atoms with Crippen molar-refractivity contribution in [3.8, 4) is 0 Å². The third kappa shape index (κ3) is 1.63. The minimum absolute atomic E-state index is 0.110. The van der Waals surface area contributed by atoms with E-state index in [0.717, 1.165) is 0 Å². The van der Waals surface area contributed by atoms with Gasteiger partial charge in [-0.2, -0.15) is 0 Å². The summed E-state index contributed by atoms with van der Waals surface area (Å²) >= 11 is 0. The number of rotatable bonds is 0. The van der Waals surface area contributed by atoms with E-state index in [2.05, 4.69) is 4.98 Å². The Balaban J connectivity index is 1.85. The highest BCUT2D eigenvalue weighted by Crippen LogP contribution is 2.45. The van der Waals surface area contributed by atoms with Crippen molar-refractivity contribution in [3.63, 3.8) is 0 Å². The molecular formula is C13H16N2O5. The summed E-state index contributed by atoms with van der Waals surface area (Å²) in [6.45, 7) is 3.71. The first-order valence-electron chi connectivity index (χ1n) is 6.80. The summed E-state index contributed by atoms with van der Waals surface area (Å²) in [6.07, 6.45) is 0.197. The number of nitrogens with zero attached hydrogens (tertiary/aromatic N) is 1. The quantitative estimate of drug-likeness (QED) is 0.717. The Labute approximate surface area is 114 Å². The lowest BCUT2D eigenvalue weighted by molar-refractivity contribution is -0.196. The van der Waals surface area contributed by atoms with E-state index in [0.29, 0.717) is 18.5 Å². The normalized spacial score (nSPS) is 37.3. The molecule has 108 valence electrons. The first-order chi connectivity index (χ1) is 9.44. The summed E-state index contributed by atoms with van der Waals surface area (Å²) < 4.78 is 19.2. The molecule has 3 aliphatic rings. The molecule has 4 atom stereocenters. The highest BCUT2D eigenvalue weighted by Gasteiger charge is 2.57. The lowest BCUT2D eigenvalue weighted by Crippen LogP contribution is -2.40. The van der Waals surface area contributed by atoms with E-state index in [4.69, 9.17) is 14.2 Å². The molecule has 7 nitrogen and oxygen atoms in total. The number of aryl methyl sites for hydroxylation is 1. The van der Waals surface area contributed by atoms with Gasteiger partial charge in [-0.15, -0.1) is 0 Å². The average molecular weight is 280 g/mol. The van der Waals surface area contributed by atoms with Crippen molar-refractivity contribution in [1.29, 1.82) is 0 Å². The molecule has 0 spiro atoms. The monoisotopic (exact) mass is 280 g/mol. The van der Waals surface area contributed by atoms with Gasteiger partial charge in [0.25, 0.3) is 5.56 Å². The van der Waals surface area contributed by atoms with E-state index >= 15 is 0 Å². The van der Waals surface area contributed by atoms with Crippen LogP contribution in [0.15, 0.2) is 15.7 Å². The first kappa shape index (κ1) is 12.3. The van der Waals surface area contributed by atoms with Gasteiger partial charge >= 0.3 is 5.69 Å². The van der Waals surface area contributed by atoms with E-state index in [1.54, 1.807) is 0 Å². The third-order valence-electron chi connectivity index (χ3n) is 4.12. The van der Waals surface area contributed by atoms with Gasteiger partial charge in [-0.1, -0.05) is 0 Å². The number of hydrogen-bond acceptors (Lipinski definition) is 5. The van der Waals surface area contributed by atoms with E-state index in [1.807, 2.05) is 13.8 Å². The zero-order valence-corrected chi connectivity index (χ0v) is 11.3. The minimum atomic E-state index is -0.675. The van der Waals surface area contributed by atoms with Crippen molar-refractivity contribution in [2.24, 2.45) is 0 Å². The number of hydrogen-bond donors (Lipinski definition) is 1. The van der Waals surface area contributed by atoms with Crippen LogP contribution in [0.5, 0.6) is 0 Å². The number of fused-ring (bicyclic) bond motifs is 7. The predicted octanol–water partition coefficient (Wildman–Crippen LogP) is -0.0997. The minimum Gasteiger partial charge on any atom is -0.349 e. The van der Waals surface area contributed by atoms with E-state index in [9.17, 15) is 9.59 Å². The largest absolute Gasteiger partial charge is 0.349 e. The molecule has 4 rings (SSSR count). The molecule has 0 aromatic carbocycles. The Morgan fingerprint density at radius 3 is 2.85 bits per heavy atom. The van der Waals surface area contributed by atoms with Crippen molar-refractivity contribution in [2.45, 2.75) is 57.0 Å². The lowest BCUT2D eigenvalue weighted by atomic mass is 10.0. The number of nitrogens with one attached hydrogen (secondary N) is 1. The van der Waals surface area contributed by atoms with Crippen molar-refractivity contribution in [2.75, 3.05) is 0 Å². The second-order valence-electron chi connectivity index (χ2n) is 5.97. The van der Waals surface area contributed by atoms with E-state index < -0.39 is 17.7 Å². The third-order valence-corrected chi connectivity index (χ3v) is 4.12. The molecule has 0 radical (unpaired) electrons. The molecule has 0 aliphatic carbocycles. The molecular weight excluding hydrogens is 264 g/mol. The van der Waals surface area contributed by atoms with Gasteiger partial charge in [-0.3, -0.25) is 14.3 Å². The zero-order chi connectivity index (χ0) is 14.1. The molecule has 1 N–H and O–H groups in total. The number of aromatic nitrogens is 2. The Morgan fingerprint density at radius 1 is 1.30 bits per heavy atom. The zero-order valence-electron chi connectivity index (χ0n) is 11.3. The Bertz CT molecular complexity index is 676. The van der Waals surface area contributed by atoms with Crippen LogP contribution in [0.2, 0.25) is 0 Å². The van der Waals surface area contributed by atoms with Crippen LogP contribution < -0.4 is 11.2 Å². The number of H-pyrrole nitrogens is 1. The fourth-order valence-corrected chi connectivity index (χ4v) is 3.41. The summed E-state index contributed by atoms with van der Waals surface area (Å²) in [5.74, 6) is -0.675. The van der Waals surface area contributed by atoms with Crippen molar-refractivity contribution >= 4 is 0 Å². The fraction of sp³-hybridized carbons (Fsp3) is 0.692. The van der Waals surface area contributed by atoms with Crippen LogP contribution in [0.4, 0.5) is 0 Å². The molecule has 3 aliphatic heterocycles. The second-order valence-corrected chi connectivity index (χ2v) is 5.97. The maximum atomic E-state index is 12.1. The van der Waals surface area contributed by atoms with Crippen molar-refractivity contribution in [1.82, 2.24) is 9.55 Å². The Morgan fingerprint density at radius 2 is 2.05 bits per heavy atom. The van der Waals surface area contributed by atoms with Gasteiger partial charge in [0.1, 0.15) is 12.2 Å². The molecule has 7 heteroatoms. The molecule has 2 bridgehead atoms. The summed E-state index contributed by atoms with van der Waals surface area (Å²) in [5.41, 5.74) is -0.135. The van der Waals surface area contributed by atoms with Gasteiger partial charge < -0.3 is 14.2 Å². The van der Waals surface area contributed by atoms with Gasteiger partial charge in [-0.05, 0) is 26.7 Å². The molecule has 4 heterocycles. The van der Waals surface area contributed by atoms with Gasteiger partial charge in [-0.25, -0.2) is 4.79 Å². The molecule has 0 saturated carbocycles. The molecule has 0 unspecified atom stereocenters. The molecule has 2 fully saturated rings. The lowest BCUT2D eigenvalue weighted by Gasteiger charge is -2.23. The smallest absolute Gasteiger partial charge is 0.330 e. The Kier molecular flexibility index (Phi) is 2.34. The molecule has 1 aromatic heterocycles. The van der Waals surface area contributed by atoms with Crippen LogP contribution in [0, 0.1) is 0 Å². The standard InChI is InChI=1S/C13H16N2O5/c1-13(2)19-9-7-4-3-6-5-8(16)14-12(17)15(6)11(18-7)10(9)20-13/h5,7,9-11H,3-4H2,1-2H3,(H,14,16,17)/t7-,9-,10-,11-/m1/s1. The second kappa shape index (κ2) is 3.81. The van der Waals surface area contributed by atoms with E-state index in [1.165, 1.54) is 10.6 Å².